The van der Waals surface area contributed by atoms with Crippen LogP contribution in [-0.2, 0) is 0 Å². The van der Waals surface area contributed by atoms with Crippen molar-refractivity contribution >= 4 is 5.91 Å². The summed E-state index contributed by atoms with van der Waals surface area (Å²) in [6.07, 6.45) is 2.08. The van der Waals surface area contributed by atoms with Crippen LogP contribution in [0.1, 0.15) is 48.2 Å². The Balaban J connectivity index is 2.72. The van der Waals surface area contributed by atoms with Crippen molar-refractivity contribution in [2.75, 3.05) is 13.2 Å². The molecule has 1 aromatic carbocycles. The number of aliphatic hydroxyl groups excluding tert-OH is 1. The molecule has 0 radical (unpaired) electrons. The topological polar surface area (TPSA) is 49.3 Å². The van der Waals surface area contributed by atoms with Crippen molar-refractivity contribution in [3.8, 4) is 11.8 Å². The highest BCUT2D eigenvalue weighted by molar-refractivity contribution is 5.96. The smallest absolute Gasteiger partial charge is 0.252 e. The van der Waals surface area contributed by atoms with Crippen LogP contribution in [0, 0.1) is 24.7 Å². The Morgan fingerprint density at radius 3 is 2.80 bits per heavy atom. The predicted octanol–water partition coefficient (Wildman–Crippen LogP) is 2.50. The summed E-state index contributed by atoms with van der Waals surface area (Å²) < 4.78 is 0. The summed E-state index contributed by atoms with van der Waals surface area (Å²) in [6.45, 7) is 6.77. The Bertz CT molecular complexity index is 509. The normalized spacial score (nSPS) is 10.1. The molecule has 0 unspecified atom stereocenters. The molecule has 1 aromatic rings. The van der Waals surface area contributed by atoms with Gasteiger partial charge in [0.05, 0.1) is 5.56 Å². The number of amides is 1. The fraction of sp³-hybridized carbons (Fsp3) is 0.471. The minimum absolute atomic E-state index is 0.101. The first-order valence-corrected chi connectivity index (χ1v) is 7.03. The zero-order valence-corrected chi connectivity index (χ0v) is 12.5. The molecule has 0 bridgehead atoms. The lowest BCUT2D eigenvalue weighted by atomic mass is 10.0. The molecule has 0 spiro atoms. The van der Waals surface area contributed by atoms with Crippen LogP contribution in [0.5, 0.6) is 0 Å². The number of rotatable bonds is 5. The molecule has 0 aliphatic heterocycles. The van der Waals surface area contributed by atoms with Gasteiger partial charge in [-0.1, -0.05) is 31.8 Å². The zero-order valence-electron chi connectivity index (χ0n) is 12.5. The second-order valence-electron chi connectivity index (χ2n) is 5.30. The Labute approximate surface area is 121 Å². The van der Waals surface area contributed by atoms with Crippen LogP contribution in [0.15, 0.2) is 18.2 Å². The number of hydrogen-bond acceptors (Lipinski definition) is 2. The van der Waals surface area contributed by atoms with E-state index in [-0.39, 0.29) is 12.5 Å². The monoisotopic (exact) mass is 273 g/mol. The molecule has 2 N–H and O–H groups in total. The number of carbonyl (C=O) groups is 1. The number of carbonyl (C=O) groups excluding carboxylic acids is 1. The third kappa shape index (κ3) is 5.46. The van der Waals surface area contributed by atoms with Crippen LogP contribution in [-0.4, -0.2) is 24.2 Å². The summed E-state index contributed by atoms with van der Waals surface area (Å²) in [5.41, 5.74) is 2.28. The van der Waals surface area contributed by atoms with E-state index >= 15 is 0 Å². The maximum Gasteiger partial charge on any atom is 0.252 e. The van der Waals surface area contributed by atoms with Crippen molar-refractivity contribution < 1.29 is 9.90 Å². The van der Waals surface area contributed by atoms with E-state index in [2.05, 4.69) is 31.0 Å². The van der Waals surface area contributed by atoms with E-state index in [0.717, 1.165) is 18.4 Å². The Kier molecular flexibility index (Phi) is 6.83. The highest BCUT2D eigenvalue weighted by Crippen LogP contribution is 2.11. The van der Waals surface area contributed by atoms with Crippen molar-refractivity contribution in [1.82, 2.24) is 5.32 Å². The predicted molar refractivity (Wildman–Crippen MR) is 81.5 cm³/mol. The third-order valence-corrected chi connectivity index (χ3v) is 2.97. The van der Waals surface area contributed by atoms with Gasteiger partial charge in [-0.25, -0.2) is 0 Å². The highest BCUT2D eigenvalue weighted by Gasteiger charge is 2.09. The van der Waals surface area contributed by atoms with Crippen molar-refractivity contribution in [3.63, 3.8) is 0 Å². The zero-order chi connectivity index (χ0) is 15.0. The van der Waals surface area contributed by atoms with Crippen LogP contribution in [0.2, 0.25) is 0 Å². The molecule has 0 atom stereocenters. The lowest BCUT2D eigenvalue weighted by Gasteiger charge is -2.09. The van der Waals surface area contributed by atoms with Crippen molar-refractivity contribution in [2.45, 2.75) is 33.6 Å². The Hall–Kier alpha value is -1.79. The van der Waals surface area contributed by atoms with E-state index in [0.29, 0.717) is 23.6 Å². The van der Waals surface area contributed by atoms with E-state index in [1.807, 2.05) is 19.1 Å². The summed E-state index contributed by atoms with van der Waals surface area (Å²) in [4.78, 5) is 12.1. The van der Waals surface area contributed by atoms with E-state index < -0.39 is 0 Å². The van der Waals surface area contributed by atoms with Gasteiger partial charge in [0, 0.05) is 12.1 Å². The molecular weight excluding hydrogens is 250 g/mol. The highest BCUT2D eigenvalue weighted by atomic mass is 16.2. The standard InChI is InChI=1S/C17H23NO2/c1-13(2)6-4-10-18-17(20)16-9-8-14(3)12-15(16)7-5-11-19/h8-9,12-13,19H,4,6,10-11H2,1-3H3,(H,18,20). The summed E-state index contributed by atoms with van der Waals surface area (Å²) in [5.74, 6) is 5.98. The van der Waals surface area contributed by atoms with E-state index in [1.165, 1.54) is 0 Å². The summed E-state index contributed by atoms with van der Waals surface area (Å²) >= 11 is 0. The molecule has 0 fully saturated rings. The fourth-order valence-corrected chi connectivity index (χ4v) is 1.90. The largest absolute Gasteiger partial charge is 0.384 e. The van der Waals surface area contributed by atoms with Gasteiger partial charge >= 0.3 is 0 Å². The maximum absolute atomic E-state index is 12.1. The minimum Gasteiger partial charge on any atom is -0.384 e. The van der Waals surface area contributed by atoms with Gasteiger partial charge in [0.1, 0.15) is 6.61 Å². The van der Waals surface area contributed by atoms with Crippen molar-refractivity contribution in [2.24, 2.45) is 5.92 Å². The average molecular weight is 273 g/mol. The first kappa shape index (κ1) is 16.3. The molecule has 0 aliphatic rings. The molecule has 1 rings (SSSR count). The Morgan fingerprint density at radius 2 is 2.15 bits per heavy atom. The molecule has 0 aromatic heterocycles. The fourth-order valence-electron chi connectivity index (χ4n) is 1.90. The quantitative estimate of drug-likeness (QED) is 0.639. The number of nitrogens with one attached hydrogen (secondary N) is 1. The second kappa shape index (κ2) is 8.39. The van der Waals surface area contributed by atoms with Crippen LogP contribution < -0.4 is 5.32 Å². The molecule has 3 nitrogen and oxygen atoms in total. The first-order chi connectivity index (χ1) is 9.54. The van der Waals surface area contributed by atoms with E-state index in [1.54, 1.807) is 6.07 Å². The molecule has 20 heavy (non-hydrogen) atoms. The van der Waals surface area contributed by atoms with Gasteiger partial charge in [-0.2, -0.15) is 0 Å². The SMILES string of the molecule is Cc1ccc(C(=O)NCCCC(C)C)c(C#CCO)c1. The number of aliphatic hydroxyl groups is 1. The number of aryl methyl sites for hydroxylation is 1. The number of hydrogen-bond donors (Lipinski definition) is 2. The molecule has 108 valence electrons. The van der Waals surface area contributed by atoms with Crippen LogP contribution >= 0.6 is 0 Å². The van der Waals surface area contributed by atoms with E-state index in [9.17, 15) is 4.79 Å². The van der Waals surface area contributed by atoms with Crippen LogP contribution in [0.4, 0.5) is 0 Å². The molecule has 0 saturated carbocycles. The average Bonchev–Trinajstić information content (AvgIpc) is 2.41. The molecule has 0 saturated heterocycles. The molecule has 1 amide bonds. The van der Waals surface area contributed by atoms with Crippen LogP contribution in [0.25, 0.3) is 0 Å². The summed E-state index contributed by atoms with van der Waals surface area (Å²) in [6, 6.07) is 5.55. The van der Waals surface area contributed by atoms with Gasteiger partial charge < -0.3 is 10.4 Å². The first-order valence-electron chi connectivity index (χ1n) is 7.03. The summed E-state index contributed by atoms with van der Waals surface area (Å²) in [7, 11) is 0. The van der Waals surface area contributed by atoms with Crippen molar-refractivity contribution in [3.05, 3.63) is 34.9 Å². The second-order valence-corrected chi connectivity index (χ2v) is 5.30. The summed E-state index contributed by atoms with van der Waals surface area (Å²) in [5, 5.41) is 11.7. The molecule has 0 heterocycles. The van der Waals surface area contributed by atoms with Crippen LogP contribution in [0.3, 0.4) is 0 Å². The maximum atomic E-state index is 12.1. The Morgan fingerprint density at radius 1 is 1.40 bits per heavy atom. The van der Waals surface area contributed by atoms with Gasteiger partial charge in [-0.3, -0.25) is 4.79 Å². The molecule has 0 aliphatic carbocycles. The van der Waals surface area contributed by atoms with Gasteiger partial charge in [0.2, 0.25) is 0 Å². The van der Waals surface area contributed by atoms with Gasteiger partial charge in [0.15, 0.2) is 0 Å². The van der Waals surface area contributed by atoms with E-state index in [4.69, 9.17) is 5.11 Å². The number of benzene rings is 1. The lowest BCUT2D eigenvalue weighted by molar-refractivity contribution is 0.0952. The third-order valence-electron chi connectivity index (χ3n) is 2.97. The van der Waals surface area contributed by atoms with Gasteiger partial charge in [-0.15, -0.1) is 0 Å². The minimum atomic E-state index is -0.205. The van der Waals surface area contributed by atoms with Gasteiger partial charge in [-0.05, 0) is 43.4 Å². The molecule has 3 heteroatoms. The van der Waals surface area contributed by atoms with Gasteiger partial charge in [0.25, 0.3) is 5.91 Å². The van der Waals surface area contributed by atoms with Crippen molar-refractivity contribution in [1.29, 1.82) is 0 Å². The molecular formula is C17H23NO2. The lowest BCUT2D eigenvalue weighted by Crippen LogP contribution is -2.25.